The first-order valence-electron chi connectivity index (χ1n) is 4.92. The van der Waals surface area contributed by atoms with Crippen LogP contribution in [0.1, 0.15) is 18.0 Å². The highest BCUT2D eigenvalue weighted by molar-refractivity contribution is 5.55. The minimum Gasteiger partial charge on any atom is -0.504 e. The first-order chi connectivity index (χ1) is 7.63. The molecule has 1 aromatic rings. The molecule has 2 rings (SSSR count). The monoisotopic (exact) mass is 224 g/mol. The second-order valence-electron chi connectivity index (χ2n) is 3.64. The zero-order valence-electron chi connectivity index (χ0n) is 8.77. The van der Waals surface area contributed by atoms with E-state index in [1.807, 2.05) is 0 Å². The maximum absolute atomic E-state index is 10.7. The third kappa shape index (κ3) is 1.67. The van der Waals surface area contributed by atoms with Crippen molar-refractivity contribution in [1.82, 2.24) is 5.32 Å². The summed E-state index contributed by atoms with van der Waals surface area (Å²) in [6, 6.07) is 2.58. The summed E-state index contributed by atoms with van der Waals surface area (Å²) < 4.78 is 4.91. The van der Waals surface area contributed by atoms with E-state index in [4.69, 9.17) is 4.74 Å². The summed E-state index contributed by atoms with van der Waals surface area (Å²) in [6.45, 7) is 0.856. The molecule has 0 spiro atoms. The van der Waals surface area contributed by atoms with E-state index in [0.29, 0.717) is 5.56 Å². The van der Waals surface area contributed by atoms with Crippen molar-refractivity contribution in [2.45, 2.75) is 12.5 Å². The Labute approximate surface area is 92.0 Å². The van der Waals surface area contributed by atoms with Gasteiger partial charge in [0.1, 0.15) is 0 Å². The number of non-ortho nitro benzene ring substituents is 1. The van der Waals surface area contributed by atoms with Gasteiger partial charge in [0.2, 0.25) is 0 Å². The van der Waals surface area contributed by atoms with E-state index < -0.39 is 4.92 Å². The quantitative estimate of drug-likeness (QED) is 0.597. The first kappa shape index (κ1) is 10.7. The molecular formula is C10H12N2O4. The third-order valence-corrected chi connectivity index (χ3v) is 2.72. The molecule has 1 saturated heterocycles. The van der Waals surface area contributed by atoms with Crippen molar-refractivity contribution in [1.29, 1.82) is 0 Å². The number of ether oxygens (including phenoxy) is 1. The van der Waals surface area contributed by atoms with Crippen LogP contribution in [0.4, 0.5) is 5.69 Å². The summed E-state index contributed by atoms with van der Waals surface area (Å²) in [5.74, 6) is 0.114. The van der Waals surface area contributed by atoms with Gasteiger partial charge in [-0.2, -0.15) is 0 Å². The summed E-state index contributed by atoms with van der Waals surface area (Å²) in [5.41, 5.74) is 0.454. The highest BCUT2D eigenvalue weighted by atomic mass is 16.6. The second-order valence-corrected chi connectivity index (χ2v) is 3.64. The smallest absolute Gasteiger partial charge is 0.273 e. The number of phenols is 1. The highest BCUT2D eigenvalue weighted by Crippen LogP contribution is 2.40. The Morgan fingerprint density at radius 3 is 2.75 bits per heavy atom. The molecule has 1 aliphatic heterocycles. The maximum atomic E-state index is 10.7. The Morgan fingerprint density at radius 2 is 2.31 bits per heavy atom. The van der Waals surface area contributed by atoms with Crippen LogP contribution in [0.25, 0.3) is 0 Å². The van der Waals surface area contributed by atoms with Gasteiger partial charge in [-0.15, -0.1) is 0 Å². The lowest BCUT2D eigenvalue weighted by atomic mass is 9.96. The fourth-order valence-electron chi connectivity index (χ4n) is 1.70. The molecule has 0 radical (unpaired) electrons. The van der Waals surface area contributed by atoms with Crippen molar-refractivity contribution < 1.29 is 14.8 Å². The predicted octanol–water partition coefficient (Wildman–Crippen LogP) is 1.34. The number of methoxy groups -OCH3 is 1. The lowest BCUT2D eigenvalue weighted by Crippen LogP contribution is -2.35. The molecule has 0 aromatic heterocycles. The van der Waals surface area contributed by atoms with Crippen LogP contribution >= 0.6 is 0 Å². The van der Waals surface area contributed by atoms with E-state index in [9.17, 15) is 15.2 Å². The minimum atomic E-state index is -0.496. The molecule has 6 heteroatoms. The number of nitro benzene ring substituents is 1. The summed E-state index contributed by atoms with van der Waals surface area (Å²) in [5, 5.41) is 23.6. The van der Waals surface area contributed by atoms with Crippen LogP contribution in [0.3, 0.4) is 0 Å². The Bertz CT molecular complexity index is 429. The summed E-state index contributed by atoms with van der Waals surface area (Å²) in [7, 11) is 1.37. The molecule has 1 heterocycles. The standard InChI is InChI=1S/C10H12N2O4/c1-16-9-5-6(12(14)15)4-7(10(9)13)8-2-3-11-8/h4-5,8,11,13H,2-3H2,1H3/t8-/m1/s1. The van der Waals surface area contributed by atoms with Gasteiger partial charge in [0.25, 0.3) is 5.69 Å². The number of rotatable bonds is 3. The fraction of sp³-hybridized carbons (Fsp3) is 0.400. The average molecular weight is 224 g/mol. The Kier molecular flexibility index (Phi) is 2.66. The molecule has 0 bridgehead atoms. The van der Waals surface area contributed by atoms with Crippen molar-refractivity contribution in [2.24, 2.45) is 0 Å². The molecule has 0 aliphatic carbocycles. The van der Waals surface area contributed by atoms with Gasteiger partial charge < -0.3 is 15.2 Å². The molecule has 1 aliphatic rings. The minimum absolute atomic E-state index is 0.0196. The van der Waals surface area contributed by atoms with Gasteiger partial charge in [0, 0.05) is 17.7 Å². The van der Waals surface area contributed by atoms with Crippen molar-refractivity contribution in [2.75, 3.05) is 13.7 Å². The molecule has 0 saturated carbocycles. The molecule has 6 nitrogen and oxygen atoms in total. The summed E-state index contributed by atoms with van der Waals surface area (Å²) in [4.78, 5) is 10.2. The zero-order chi connectivity index (χ0) is 11.7. The van der Waals surface area contributed by atoms with Gasteiger partial charge in [-0.05, 0) is 13.0 Å². The lowest BCUT2D eigenvalue weighted by Gasteiger charge is -2.28. The molecule has 0 unspecified atom stereocenters. The second kappa shape index (κ2) is 3.97. The Hall–Kier alpha value is -1.82. The molecule has 0 amide bonds. The van der Waals surface area contributed by atoms with E-state index in [-0.39, 0.29) is 23.2 Å². The summed E-state index contributed by atoms with van der Waals surface area (Å²) in [6.07, 6.45) is 0.859. The van der Waals surface area contributed by atoms with Gasteiger partial charge >= 0.3 is 0 Å². The molecule has 16 heavy (non-hydrogen) atoms. The van der Waals surface area contributed by atoms with E-state index in [1.54, 1.807) is 0 Å². The van der Waals surface area contributed by atoms with Crippen LogP contribution in [-0.4, -0.2) is 23.7 Å². The number of nitro groups is 1. The normalized spacial score (nSPS) is 18.9. The molecule has 1 atom stereocenters. The van der Waals surface area contributed by atoms with Gasteiger partial charge in [-0.3, -0.25) is 10.1 Å². The first-order valence-corrected chi connectivity index (χ1v) is 4.92. The molecular weight excluding hydrogens is 212 g/mol. The lowest BCUT2D eigenvalue weighted by molar-refractivity contribution is -0.385. The van der Waals surface area contributed by atoms with Crippen LogP contribution in [0.2, 0.25) is 0 Å². The number of hydrogen-bond acceptors (Lipinski definition) is 5. The Morgan fingerprint density at radius 1 is 1.62 bits per heavy atom. The van der Waals surface area contributed by atoms with Crippen LogP contribution in [0.15, 0.2) is 12.1 Å². The molecule has 2 N–H and O–H groups in total. The van der Waals surface area contributed by atoms with Crippen molar-refractivity contribution in [3.05, 3.63) is 27.8 Å². The predicted molar refractivity (Wildman–Crippen MR) is 56.7 cm³/mol. The van der Waals surface area contributed by atoms with Crippen LogP contribution < -0.4 is 10.1 Å². The number of nitrogens with one attached hydrogen (secondary N) is 1. The number of aromatic hydroxyl groups is 1. The van der Waals surface area contributed by atoms with E-state index in [0.717, 1.165) is 13.0 Å². The average Bonchev–Trinajstić information content (AvgIpc) is 2.18. The topological polar surface area (TPSA) is 84.6 Å². The van der Waals surface area contributed by atoms with Gasteiger partial charge in [-0.25, -0.2) is 0 Å². The van der Waals surface area contributed by atoms with Crippen LogP contribution in [0, 0.1) is 10.1 Å². The summed E-state index contributed by atoms with van der Waals surface area (Å²) >= 11 is 0. The molecule has 86 valence electrons. The molecule has 1 aromatic carbocycles. The van der Waals surface area contributed by atoms with Gasteiger partial charge in [0.05, 0.1) is 18.1 Å². The number of phenolic OH excluding ortho intramolecular Hbond substituents is 1. The van der Waals surface area contributed by atoms with Gasteiger partial charge in [0.15, 0.2) is 11.5 Å². The van der Waals surface area contributed by atoms with Crippen molar-refractivity contribution in [3.63, 3.8) is 0 Å². The number of hydrogen-bond donors (Lipinski definition) is 2. The zero-order valence-corrected chi connectivity index (χ0v) is 8.77. The molecule has 1 fully saturated rings. The Balaban J connectivity index is 2.48. The number of benzene rings is 1. The van der Waals surface area contributed by atoms with E-state index in [2.05, 4.69) is 5.32 Å². The number of nitrogens with zero attached hydrogens (tertiary/aromatic N) is 1. The van der Waals surface area contributed by atoms with Crippen LogP contribution in [-0.2, 0) is 0 Å². The van der Waals surface area contributed by atoms with Crippen molar-refractivity contribution >= 4 is 5.69 Å². The van der Waals surface area contributed by atoms with Crippen LogP contribution in [0.5, 0.6) is 11.5 Å². The van der Waals surface area contributed by atoms with Crippen molar-refractivity contribution in [3.8, 4) is 11.5 Å². The van der Waals surface area contributed by atoms with E-state index >= 15 is 0 Å². The third-order valence-electron chi connectivity index (χ3n) is 2.72. The van der Waals surface area contributed by atoms with Gasteiger partial charge in [-0.1, -0.05) is 0 Å². The fourth-order valence-corrected chi connectivity index (χ4v) is 1.70. The van der Waals surface area contributed by atoms with E-state index in [1.165, 1.54) is 19.2 Å². The SMILES string of the molecule is COc1cc([N+](=O)[O-])cc([C@H]2CCN2)c1O. The highest BCUT2D eigenvalue weighted by Gasteiger charge is 2.26. The largest absolute Gasteiger partial charge is 0.504 e. The maximum Gasteiger partial charge on any atom is 0.273 e.